The van der Waals surface area contributed by atoms with Crippen molar-refractivity contribution in [2.75, 3.05) is 6.61 Å². The highest BCUT2D eigenvalue weighted by molar-refractivity contribution is 9.10. The summed E-state index contributed by atoms with van der Waals surface area (Å²) in [4.78, 5) is 0. The fourth-order valence-corrected chi connectivity index (χ4v) is 2.16. The Hall–Kier alpha value is -0.0500. The topological polar surface area (TPSA) is 20.2 Å². The molecule has 0 amide bonds. The molecule has 1 nitrogen and oxygen atoms in total. The molecule has 0 aliphatic carbocycles. The lowest BCUT2D eigenvalue weighted by molar-refractivity contribution is 0.138. The number of halogens is 2. The second-order valence-electron chi connectivity index (χ2n) is 4.23. The van der Waals surface area contributed by atoms with E-state index in [1.807, 2.05) is 18.2 Å². The van der Waals surface area contributed by atoms with E-state index in [2.05, 4.69) is 29.8 Å². The molecule has 0 spiro atoms. The third-order valence-corrected chi connectivity index (χ3v) is 3.71. The van der Waals surface area contributed by atoms with Crippen molar-refractivity contribution in [3.8, 4) is 0 Å². The highest BCUT2D eigenvalue weighted by atomic mass is 79.9. The second-order valence-corrected chi connectivity index (χ2v) is 5.56. The van der Waals surface area contributed by atoms with Gasteiger partial charge in [0, 0.05) is 16.1 Å². The lowest BCUT2D eigenvalue weighted by Crippen LogP contribution is -2.23. The molecule has 1 aromatic carbocycles. The van der Waals surface area contributed by atoms with Crippen LogP contribution in [0.1, 0.15) is 25.8 Å². The van der Waals surface area contributed by atoms with E-state index in [0.717, 1.165) is 27.9 Å². The minimum atomic E-state index is -0.0720. The summed E-state index contributed by atoms with van der Waals surface area (Å²) in [6, 6.07) is 5.88. The van der Waals surface area contributed by atoms with Gasteiger partial charge < -0.3 is 5.11 Å². The largest absolute Gasteiger partial charge is 0.396 e. The third-order valence-electron chi connectivity index (χ3n) is 2.87. The van der Waals surface area contributed by atoms with Gasteiger partial charge in [-0.2, -0.15) is 0 Å². The summed E-state index contributed by atoms with van der Waals surface area (Å²) in [5.74, 6) is 0. The summed E-state index contributed by atoms with van der Waals surface area (Å²) in [5.41, 5.74) is 1.02. The first-order chi connectivity index (χ1) is 7.00. The maximum Gasteiger partial charge on any atom is 0.0487 e. The molecule has 0 aliphatic rings. The van der Waals surface area contributed by atoms with E-state index >= 15 is 0 Å². The van der Waals surface area contributed by atoms with Gasteiger partial charge in [0.25, 0.3) is 0 Å². The van der Waals surface area contributed by atoms with Crippen LogP contribution in [-0.4, -0.2) is 11.7 Å². The number of benzene rings is 1. The van der Waals surface area contributed by atoms with E-state index in [0.29, 0.717) is 0 Å². The monoisotopic (exact) mass is 290 g/mol. The predicted molar refractivity (Wildman–Crippen MR) is 68.3 cm³/mol. The van der Waals surface area contributed by atoms with Crippen LogP contribution in [-0.2, 0) is 6.42 Å². The lowest BCUT2D eigenvalue weighted by Gasteiger charge is -2.26. The number of hydrogen-bond donors (Lipinski definition) is 1. The van der Waals surface area contributed by atoms with Crippen LogP contribution >= 0.6 is 27.5 Å². The van der Waals surface area contributed by atoms with Gasteiger partial charge in [0.2, 0.25) is 0 Å². The maximum atomic E-state index is 9.34. The molecule has 0 heterocycles. The Morgan fingerprint density at radius 3 is 2.60 bits per heavy atom. The molecule has 1 N–H and O–H groups in total. The average molecular weight is 292 g/mol. The first-order valence-electron chi connectivity index (χ1n) is 5.05. The number of aliphatic hydroxyl groups is 1. The summed E-state index contributed by atoms with van der Waals surface area (Å²) in [6.45, 7) is 4.35. The van der Waals surface area contributed by atoms with Gasteiger partial charge >= 0.3 is 0 Å². The number of hydrogen-bond acceptors (Lipinski definition) is 1. The van der Waals surface area contributed by atoms with E-state index in [9.17, 15) is 5.11 Å². The summed E-state index contributed by atoms with van der Waals surface area (Å²) >= 11 is 9.51. The highest BCUT2D eigenvalue weighted by Gasteiger charge is 2.22. The Kier molecular flexibility index (Phi) is 4.63. The molecular formula is C12H16BrClO. The van der Waals surface area contributed by atoms with Crippen LogP contribution < -0.4 is 0 Å². The minimum Gasteiger partial charge on any atom is -0.396 e. The van der Waals surface area contributed by atoms with Crippen molar-refractivity contribution >= 4 is 27.5 Å². The smallest absolute Gasteiger partial charge is 0.0487 e. The molecule has 0 fully saturated rings. The predicted octanol–water partition coefficient (Wildman–Crippen LogP) is 4.05. The van der Waals surface area contributed by atoms with Crippen molar-refractivity contribution in [2.45, 2.75) is 26.7 Å². The van der Waals surface area contributed by atoms with Crippen LogP contribution in [0.3, 0.4) is 0 Å². The maximum absolute atomic E-state index is 9.34. The molecule has 15 heavy (non-hydrogen) atoms. The van der Waals surface area contributed by atoms with Gasteiger partial charge in [-0.25, -0.2) is 0 Å². The molecule has 1 aromatic rings. The summed E-state index contributed by atoms with van der Waals surface area (Å²) < 4.78 is 0.985. The van der Waals surface area contributed by atoms with Crippen molar-refractivity contribution < 1.29 is 5.11 Å². The van der Waals surface area contributed by atoms with E-state index in [1.165, 1.54) is 0 Å². The zero-order chi connectivity index (χ0) is 11.5. The van der Waals surface area contributed by atoms with Crippen LogP contribution in [0.5, 0.6) is 0 Å². The first-order valence-corrected chi connectivity index (χ1v) is 6.22. The van der Waals surface area contributed by atoms with Crippen molar-refractivity contribution in [2.24, 2.45) is 5.41 Å². The highest BCUT2D eigenvalue weighted by Crippen LogP contribution is 2.30. The molecule has 0 saturated carbocycles. The average Bonchev–Trinajstić information content (AvgIpc) is 2.22. The van der Waals surface area contributed by atoms with Gasteiger partial charge in [-0.05, 0) is 36.0 Å². The quantitative estimate of drug-likeness (QED) is 0.887. The van der Waals surface area contributed by atoms with Gasteiger partial charge in [0.15, 0.2) is 0 Å². The Labute approximate surface area is 105 Å². The molecule has 1 unspecified atom stereocenters. The normalized spacial score (nSPS) is 15.0. The van der Waals surface area contributed by atoms with Crippen LogP contribution in [0.2, 0.25) is 5.02 Å². The zero-order valence-electron chi connectivity index (χ0n) is 9.06. The standard InChI is InChI=1S/C12H16BrClO/c1-3-12(2,8-15)7-9-4-5-10(13)6-11(9)14/h4-6,15H,3,7-8H2,1-2H3. The molecule has 0 radical (unpaired) electrons. The second kappa shape index (κ2) is 5.33. The van der Waals surface area contributed by atoms with Crippen LogP contribution in [0.15, 0.2) is 22.7 Å². The molecule has 0 saturated heterocycles. The Morgan fingerprint density at radius 1 is 1.47 bits per heavy atom. The van der Waals surface area contributed by atoms with Gasteiger partial charge in [-0.15, -0.1) is 0 Å². The Balaban J connectivity index is 2.89. The van der Waals surface area contributed by atoms with E-state index in [-0.39, 0.29) is 12.0 Å². The van der Waals surface area contributed by atoms with Gasteiger partial charge in [0.1, 0.15) is 0 Å². The summed E-state index contributed by atoms with van der Waals surface area (Å²) in [7, 11) is 0. The Bertz CT molecular complexity index is 334. The van der Waals surface area contributed by atoms with E-state index in [1.54, 1.807) is 0 Å². The molecular weight excluding hydrogens is 275 g/mol. The van der Waals surface area contributed by atoms with Crippen molar-refractivity contribution in [1.29, 1.82) is 0 Å². The molecule has 84 valence electrons. The van der Waals surface area contributed by atoms with Gasteiger partial charge in [0.05, 0.1) is 0 Å². The molecule has 0 aliphatic heterocycles. The minimum absolute atomic E-state index is 0.0720. The summed E-state index contributed by atoms with van der Waals surface area (Å²) in [6.07, 6.45) is 1.75. The van der Waals surface area contributed by atoms with Gasteiger partial charge in [-0.1, -0.05) is 47.4 Å². The first kappa shape index (κ1) is 13.0. The van der Waals surface area contributed by atoms with E-state index < -0.39 is 0 Å². The summed E-state index contributed by atoms with van der Waals surface area (Å²) in [5, 5.41) is 10.1. The van der Waals surface area contributed by atoms with Crippen molar-refractivity contribution in [3.05, 3.63) is 33.3 Å². The molecule has 1 atom stereocenters. The number of rotatable bonds is 4. The molecule has 0 bridgehead atoms. The molecule has 0 aromatic heterocycles. The number of aliphatic hydroxyl groups excluding tert-OH is 1. The van der Waals surface area contributed by atoms with Crippen molar-refractivity contribution in [1.82, 2.24) is 0 Å². The SMILES string of the molecule is CCC(C)(CO)Cc1ccc(Br)cc1Cl. The molecule has 3 heteroatoms. The van der Waals surface area contributed by atoms with Crippen molar-refractivity contribution in [3.63, 3.8) is 0 Å². The van der Waals surface area contributed by atoms with Crippen LogP contribution in [0, 0.1) is 5.41 Å². The lowest BCUT2D eigenvalue weighted by atomic mass is 9.82. The fourth-order valence-electron chi connectivity index (χ4n) is 1.42. The fraction of sp³-hybridized carbons (Fsp3) is 0.500. The van der Waals surface area contributed by atoms with E-state index in [4.69, 9.17) is 11.6 Å². The zero-order valence-corrected chi connectivity index (χ0v) is 11.4. The Morgan fingerprint density at radius 2 is 2.13 bits per heavy atom. The molecule has 1 rings (SSSR count). The third kappa shape index (κ3) is 3.47. The van der Waals surface area contributed by atoms with Crippen LogP contribution in [0.25, 0.3) is 0 Å². The van der Waals surface area contributed by atoms with Crippen LogP contribution in [0.4, 0.5) is 0 Å². The van der Waals surface area contributed by atoms with Gasteiger partial charge in [-0.3, -0.25) is 0 Å².